The van der Waals surface area contributed by atoms with E-state index < -0.39 is 33.2 Å². The van der Waals surface area contributed by atoms with Gasteiger partial charge >= 0.3 is 5.97 Å². The lowest BCUT2D eigenvalue weighted by Crippen LogP contribution is -2.49. The Bertz CT molecular complexity index is 616. The molecule has 0 fully saturated rings. The number of esters is 1. The molecule has 0 saturated heterocycles. The second-order valence-corrected chi connectivity index (χ2v) is 6.40. The van der Waals surface area contributed by atoms with Crippen molar-refractivity contribution in [1.29, 1.82) is 0 Å². The fourth-order valence-corrected chi connectivity index (χ4v) is 2.54. The predicted molar refractivity (Wildman–Crippen MR) is 70.1 cm³/mol. The number of rotatable bonds is 6. The lowest BCUT2D eigenvalue weighted by Gasteiger charge is -2.18. The van der Waals surface area contributed by atoms with Gasteiger partial charge in [0.05, 0.1) is 0 Å². The molecule has 0 aliphatic heterocycles. The van der Waals surface area contributed by atoms with Gasteiger partial charge in [-0.1, -0.05) is 12.1 Å². The van der Waals surface area contributed by atoms with E-state index in [0.29, 0.717) is 0 Å². The quantitative estimate of drug-likeness (QED) is 0.296. The summed E-state index contributed by atoms with van der Waals surface area (Å²) in [6.45, 7) is 0. The molecule has 0 aliphatic rings. The second-order valence-electron chi connectivity index (χ2n) is 3.71. The van der Waals surface area contributed by atoms with E-state index in [0.717, 1.165) is 6.26 Å². The highest BCUT2D eigenvalue weighted by Gasteiger charge is 2.22. The van der Waals surface area contributed by atoms with Gasteiger partial charge in [-0.15, -0.1) is 0 Å². The maximum Gasteiger partial charge on any atom is 0.344 e. The van der Waals surface area contributed by atoms with E-state index in [1.165, 1.54) is 31.3 Å². The Labute approximate surface area is 118 Å². The van der Waals surface area contributed by atoms with Crippen LogP contribution in [0, 0.1) is 0 Å². The van der Waals surface area contributed by atoms with Crippen molar-refractivity contribution in [2.24, 2.45) is 0 Å². The summed E-state index contributed by atoms with van der Waals surface area (Å²) >= 11 is -2.68. The van der Waals surface area contributed by atoms with E-state index in [2.05, 4.69) is 5.32 Å². The van der Waals surface area contributed by atoms with Crippen LogP contribution in [0.1, 0.15) is 0 Å². The van der Waals surface area contributed by atoms with Crippen LogP contribution in [0.4, 0.5) is 0 Å². The molecule has 1 rings (SSSR count). The molecule has 1 aromatic rings. The Morgan fingerprint density at radius 1 is 1.40 bits per heavy atom. The monoisotopic (exact) mass is 321 g/mol. The summed E-state index contributed by atoms with van der Waals surface area (Å²) in [6.07, 6.45) is -0.346. The summed E-state index contributed by atoms with van der Waals surface area (Å²) in [4.78, 5) is 11.6. The lowest BCUT2D eigenvalue weighted by atomic mass is 10.3. The molecule has 2 N–H and O–H groups in total. The van der Waals surface area contributed by atoms with Crippen molar-refractivity contribution in [3.05, 3.63) is 24.3 Å². The summed E-state index contributed by atoms with van der Waals surface area (Å²) in [6, 6.07) is 5.56. The Hall–Kier alpha value is -1.33. The van der Waals surface area contributed by atoms with Gasteiger partial charge in [-0.05, 0) is 19.2 Å². The summed E-state index contributed by atoms with van der Waals surface area (Å²) in [7, 11) is -2.23. The van der Waals surface area contributed by atoms with Crippen molar-refractivity contribution in [3.8, 4) is 5.75 Å². The van der Waals surface area contributed by atoms with Gasteiger partial charge in [0.1, 0.15) is 10.6 Å². The van der Waals surface area contributed by atoms with Gasteiger partial charge in [0.15, 0.2) is 16.0 Å². The Kier molecular flexibility index (Phi) is 5.77. The number of hydrogen-bond acceptors (Lipinski definition) is 7. The molecule has 2 unspecified atom stereocenters. The van der Waals surface area contributed by atoms with E-state index in [4.69, 9.17) is 4.74 Å². The van der Waals surface area contributed by atoms with Gasteiger partial charge in [0, 0.05) is 17.5 Å². The third-order valence-electron chi connectivity index (χ3n) is 2.20. The second kappa shape index (κ2) is 6.90. The zero-order chi connectivity index (χ0) is 15.3. The van der Waals surface area contributed by atoms with E-state index >= 15 is 0 Å². The van der Waals surface area contributed by atoms with E-state index in [1.807, 2.05) is 4.72 Å². The number of likely N-dealkylation sites (N-methyl/N-ethyl adjacent to an activating group) is 1. The van der Waals surface area contributed by atoms with Crippen LogP contribution in [0.3, 0.4) is 0 Å². The molecule has 2 atom stereocenters. The number of ether oxygens (including phenoxy) is 1. The standard InChI is InChI=1S/C10H14N2O6S2/c1-11-9(12-19(14)15)10(13)18-7-5-3-4-6-8(7)20(2,16)17/h3-6,9,11-12H,1-2H3,(H,14,15)/p-1. The SMILES string of the molecule is CNC(NS(=O)[O-])C(=O)Oc1ccccc1S(C)(=O)=O. The van der Waals surface area contributed by atoms with Crippen LogP contribution in [0.25, 0.3) is 0 Å². The number of hydrogen-bond donors (Lipinski definition) is 2. The molecule has 0 aromatic heterocycles. The van der Waals surface area contributed by atoms with Crippen LogP contribution in [-0.4, -0.2) is 42.6 Å². The maximum absolute atomic E-state index is 11.7. The molecule has 0 bridgehead atoms. The third-order valence-corrected chi connectivity index (χ3v) is 3.76. The first kappa shape index (κ1) is 16.7. The topological polar surface area (TPSA) is 125 Å². The first-order valence-corrected chi connectivity index (χ1v) is 8.26. The minimum Gasteiger partial charge on any atom is -0.760 e. The van der Waals surface area contributed by atoms with Crippen molar-refractivity contribution >= 4 is 27.1 Å². The highest BCUT2D eigenvalue weighted by Crippen LogP contribution is 2.23. The summed E-state index contributed by atoms with van der Waals surface area (Å²) in [5.74, 6) is -1.15. The number of nitrogens with one attached hydrogen (secondary N) is 2. The number of carbonyl (C=O) groups is 1. The van der Waals surface area contributed by atoms with Crippen LogP contribution in [0.15, 0.2) is 29.2 Å². The first-order chi connectivity index (χ1) is 9.25. The van der Waals surface area contributed by atoms with Crippen LogP contribution >= 0.6 is 0 Å². The summed E-state index contributed by atoms with van der Waals surface area (Å²) in [5.41, 5.74) is 0. The van der Waals surface area contributed by atoms with E-state index in [1.54, 1.807) is 0 Å². The molecule has 1 aromatic carbocycles. The van der Waals surface area contributed by atoms with E-state index in [-0.39, 0.29) is 10.6 Å². The van der Waals surface area contributed by atoms with E-state index in [9.17, 15) is 22.0 Å². The Morgan fingerprint density at radius 2 is 2.00 bits per heavy atom. The largest absolute Gasteiger partial charge is 0.760 e. The smallest absolute Gasteiger partial charge is 0.344 e. The molecule has 0 radical (unpaired) electrons. The number of benzene rings is 1. The first-order valence-electron chi connectivity index (χ1n) is 5.29. The Morgan fingerprint density at radius 3 is 2.50 bits per heavy atom. The molecule has 0 saturated carbocycles. The minimum absolute atomic E-state index is 0.161. The Balaban J connectivity index is 2.99. The molecule has 10 heteroatoms. The normalized spacial score (nSPS) is 14.6. The van der Waals surface area contributed by atoms with Crippen LogP contribution in [-0.2, 0) is 25.9 Å². The summed E-state index contributed by atoms with van der Waals surface area (Å²) in [5, 5.41) is 2.38. The number of sulfone groups is 1. The molecule has 0 heterocycles. The summed E-state index contributed by atoms with van der Waals surface area (Å²) < 4.78 is 50.9. The molecule has 0 spiro atoms. The fourth-order valence-electron chi connectivity index (χ4n) is 1.33. The highest BCUT2D eigenvalue weighted by atomic mass is 32.2. The van der Waals surface area contributed by atoms with Gasteiger partial charge in [0.25, 0.3) is 0 Å². The average molecular weight is 321 g/mol. The van der Waals surface area contributed by atoms with Crippen LogP contribution in [0.5, 0.6) is 5.75 Å². The van der Waals surface area contributed by atoms with Gasteiger partial charge in [-0.3, -0.25) is 9.53 Å². The predicted octanol–water partition coefficient (Wildman–Crippen LogP) is -1.08. The van der Waals surface area contributed by atoms with Gasteiger partial charge in [0.2, 0.25) is 0 Å². The number of carbonyl (C=O) groups excluding carboxylic acids is 1. The molecular weight excluding hydrogens is 308 g/mol. The van der Waals surface area contributed by atoms with Crippen LogP contribution in [0.2, 0.25) is 0 Å². The van der Waals surface area contributed by atoms with Crippen molar-refractivity contribution in [1.82, 2.24) is 10.0 Å². The van der Waals surface area contributed by atoms with Crippen molar-refractivity contribution in [2.45, 2.75) is 11.1 Å². The molecular formula is C10H13N2O6S2-. The molecule has 8 nitrogen and oxygen atoms in total. The van der Waals surface area contributed by atoms with Gasteiger partial charge < -0.3 is 9.29 Å². The zero-order valence-electron chi connectivity index (χ0n) is 10.7. The zero-order valence-corrected chi connectivity index (χ0v) is 12.3. The van der Waals surface area contributed by atoms with Crippen molar-refractivity contribution in [3.63, 3.8) is 0 Å². The average Bonchev–Trinajstić information content (AvgIpc) is 2.34. The molecule has 0 amide bonds. The van der Waals surface area contributed by atoms with Crippen LogP contribution < -0.4 is 14.8 Å². The lowest BCUT2D eigenvalue weighted by molar-refractivity contribution is -0.137. The highest BCUT2D eigenvalue weighted by molar-refractivity contribution is 7.90. The minimum atomic E-state index is -3.57. The third kappa shape index (κ3) is 4.65. The molecule has 112 valence electrons. The maximum atomic E-state index is 11.7. The molecule has 20 heavy (non-hydrogen) atoms. The van der Waals surface area contributed by atoms with Crippen molar-refractivity contribution in [2.75, 3.05) is 13.3 Å². The van der Waals surface area contributed by atoms with Gasteiger partial charge in [-0.2, -0.15) is 0 Å². The fraction of sp³-hybridized carbons (Fsp3) is 0.300. The molecule has 0 aliphatic carbocycles. The number of para-hydroxylation sites is 1. The van der Waals surface area contributed by atoms with Crippen molar-refractivity contribution < 1.29 is 26.7 Å². The van der Waals surface area contributed by atoms with Gasteiger partial charge in [-0.25, -0.2) is 17.9 Å².